The first kappa shape index (κ1) is 12.4. The Morgan fingerprint density at radius 1 is 1.50 bits per heavy atom. The van der Waals surface area contributed by atoms with E-state index in [-0.39, 0.29) is 24.9 Å². The molecule has 16 heavy (non-hydrogen) atoms. The van der Waals surface area contributed by atoms with Gasteiger partial charge in [-0.25, -0.2) is 0 Å². The first-order valence-electron chi connectivity index (χ1n) is 4.95. The monoisotopic (exact) mass is 228 g/mol. The molecular formula is C9H16N4O3. The second kappa shape index (κ2) is 4.48. The molecule has 0 aromatic carbocycles. The summed E-state index contributed by atoms with van der Waals surface area (Å²) in [7, 11) is 0. The van der Waals surface area contributed by atoms with Crippen LogP contribution >= 0.6 is 0 Å². The molecule has 1 saturated heterocycles. The van der Waals surface area contributed by atoms with Gasteiger partial charge in [0, 0.05) is 6.54 Å². The van der Waals surface area contributed by atoms with Crippen molar-refractivity contribution in [1.29, 1.82) is 0 Å². The highest BCUT2D eigenvalue weighted by molar-refractivity contribution is 5.92. The molecule has 1 heterocycles. The van der Waals surface area contributed by atoms with E-state index in [9.17, 15) is 14.4 Å². The van der Waals surface area contributed by atoms with Crippen LogP contribution < -0.4 is 21.7 Å². The SMILES string of the molecule is CC(C)(NC(=O)C1CNC(=O)CN1)C(N)=O. The summed E-state index contributed by atoms with van der Waals surface area (Å²) in [5, 5.41) is 7.82. The lowest BCUT2D eigenvalue weighted by Crippen LogP contribution is -2.62. The summed E-state index contributed by atoms with van der Waals surface area (Å²) in [5.74, 6) is -1.12. The third-order valence-electron chi connectivity index (χ3n) is 2.38. The Morgan fingerprint density at radius 3 is 2.56 bits per heavy atom. The Balaban J connectivity index is 2.53. The van der Waals surface area contributed by atoms with Crippen LogP contribution in [-0.4, -0.2) is 42.4 Å². The summed E-state index contributed by atoms with van der Waals surface area (Å²) in [6.07, 6.45) is 0. The lowest BCUT2D eigenvalue weighted by Gasteiger charge is -2.28. The summed E-state index contributed by atoms with van der Waals surface area (Å²) in [6.45, 7) is 3.35. The molecule has 1 aliphatic rings. The van der Waals surface area contributed by atoms with Crippen molar-refractivity contribution in [2.24, 2.45) is 5.73 Å². The van der Waals surface area contributed by atoms with Gasteiger partial charge in [-0.15, -0.1) is 0 Å². The number of piperazine rings is 1. The average Bonchev–Trinajstić information content (AvgIpc) is 2.17. The standard InChI is InChI=1S/C9H16N4O3/c1-9(2,8(10)16)13-7(15)5-3-12-6(14)4-11-5/h5,11H,3-4H2,1-2H3,(H2,10,16)(H,12,14)(H,13,15). The highest BCUT2D eigenvalue weighted by Crippen LogP contribution is 2.01. The fourth-order valence-electron chi connectivity index (χ4n) is 1.21. The molecule has 0 spiro atoms. The summed E-state index contributed by atoms with van der Waals surface area (Å²) >= 11 is 0. The van der Waals surface area contributed by atoms with Crippen LogP contribution in [0.1, 0.15) is 13.8 Å². The Morgan fingerprint density at radius 2 is 2.12 bits per heavy atom. The number of carbonyl (C=O) groups excluding carboxylic acids is 3. The van der Waals surface area contributed by atoms with Crippen LogP contribution in [-0.2, 0) is 14.4 Å². The smallest absolute Gasteiger partial charge is 0.242 e. The Labute approximate surface area is 93.1 Å². The molecule has 0 aromatic rings. The van der Waals surface area contributed by atoms with Gasteiger partial charge < -0.3 is 16.4 Å². The van der Waals surface area contributed by atoms with E-state index in [1.165, 1.54) is 13.8 Å². The summed E-state index contributed by atoms with van der Waals surface area (Å²) in [5.41, 5.74) is 4.03. The van der Waals surface area contributed by atoms with E-state index in [0.717, 1.165) is 0 Å². The average molecular weight is 228 g/mol. The van der Waals surface area contributed by atoms with E-state index in [4.69, 9.17) is 5.73 Å². The van der Waals surface area contributed by atoms with Crippen molar-refractivity contribution < 1.29 is 14.4 Å². The normalized spacial score (nSPS) is 21.1. The molecule has 0 aromatic heterocycles. The molecule has 5 N–H and O–H groups in total. The van der Waals surface area contributed by atoms with Crippen molar-refractivity contribution in [3.05, 3.63) is 0 Å². The minimum atomic E-state index is -1.10. The lowest BCUT2D eigenvalue weighted by molar-refractivity contribution is -0.132. The van der Waals surface area contributed by atoms with Gasteiger partial charge in [0.1, 0.15) is 11.6 Å². The molecule has 7 nitrogen and oxygen atoms in total. The number of carbonyl (C=O) groups is 3. The molecule has 7 heteroatoms. The third kappa shape index (κ3) is 2.93. The lowest BCUT2D eigenvalue weighted by atomic mass is 10.0. The minimum Gasteiger partial charge on any atom is -0.368 e. The number of amides is 3. The summed E-state index contributed by atoms with van der Waals surface area (Å²) < 4.78 is 0. The van der Waals surface area contributed by atoms with E-state index in [1.54, 1.807) is 0 Å². The molecule has 1 rings (SSSR count). The molecule has 0 bridgehead atoms. The number of nitrogens with one attached hydrogen (secondary N) is 3. The van der Waals surface area contributed by atoms with Gasteiger partial charge in [-0.05, 0) is 13.8 Å². The van der Waals surface area contributed by atoms with E-state index >= 15 is 0 Å². The van der Waals surface area contributed by atoms with Gasteiger partial charge in [-0.1, -0.05) is 0 Å². The van der Waals surface area contributed by atoms with Crippen molar-refractivity contribution in [3.63, 3.8) is 0 Å². The quantitative estimate of drug-likeness (QED) is 0.426. The van der Waals surface area contributed by atoms with E-state index < -0.39 is 17.5 Å². The van der Waals surface area contributed by atoms with Gasteiger partial charge in [0.2, 0.25) is 17.7 Å². The predicted molar refractivity (Wildman–Crippen MR) is 56.2 cm³/mol. The first-order valence-corrected chi connectivity index (χ1v) is 4.95. The molecule has 90 valence electrons. The van der Waals surface area contributed by atoms with Gasteiger partial charge in [0.05, 0.1) is 6.54 Å². The fourth-order valence-corrected chi connectivity index (χ4v) is 1.21. The molecular weight excluding hydrogens is 212 g/mol. The van der Waals surface area contributed by atoms with Gasteiger partial charge in [0.15, 0.2) is 0 Å². The molecule has 1 unspecified atom stereocenters. The number of rotatable bonds is 3. The molecule has 1 aliphatic heterocycles. The van der Waals surface area contributed by atoms with Gasteiger partial charge >= 0.3 is 0 Å². The zero-order chi connectivity index (χ0) is 12.3. The Kier molecular flexibility index (Phi) is 3.48. The first-order chi connectivity index (χ1) is 7.33. The number of nitrogens with two attached hydrogens (primary N) is 1. The predicted octanol–water partition coefficient (Wildman–Crippen LogP) is -2.55. The minimum absolute atomic E-state index is 0.0923. The maximum Gasteiger partial charge on any atom is 0.242 e. The van der Waals surface area contributed by atoms with Crippen molar-refractivity contribution in [3.8, 4) is 0 Å². The molecule has 0 saturated carbocycles. The molecule has 3 amide bonds. The van der Waals surface area contributed by atoms with Crippen molar-refractivity contribution in [2.75, 3.05) is 13.1 Å². The van der Waals surface area contributed by atoms with E-state index in [1.807, 2.05) is 0 Å². The number of primary amides is 1. The van der Waals surface area contributed by atoms with Gasteiger partial charge in [0.25, 0.3) is 0 Å². The highest BCUT2D eigenvalue weighted by Gasteiger charge is 2.31. The van der Waals surface area contributed by atoms with Crippen LogP contribution in [0.25, 0.3) is 0 Å². The zero-order valence-corrected chi connectivity index (χ0v) is 9.29. The van der Waals surface area contributed by atoms with Crippen LogP contribution in [0, 0.1) is 0 Å². The molecule has 0 radical (unpaired) electrons. The van der Waals surface area contributed by atoms with Crippen molar-refractivity contribution >= 4 is 17.7 Å². The topological polar surface area (TPSA) is 113 Å². The maximum absolute atomic E-state index is 11.7. The van der Waals surface area contributed by atoms with Crippen LogP contribution in [0.15, 0.2) is 0 Å². The van der Waals surface area contributed by atoms with Crippen LogP contribution in [0.4, 0.5) is 0 Å². The molecule has 1 atom stereocenters. The van der Waals surface area contributed by atoms with Crippen molar-refractivity contribution in [2.45, 2.75) is 25.4 Å². The molecule has 0 aliphatic carbocycles. The van der Waals surface area contributed by atoms with Crippen LogP contribution in [0.5, 0.6) is 0 Å². The largest absolute Gasteiger partial charge is 0.368 e. The number of hydrogen-bond acceptors (Lipinski definition) is 4. The molecule has 1 fully saturated rings. The summed E-state index contributed by atoms with van der Waals surface area (Å²) in [4.78, 5) is 33.5. The number of hydrogen-bond donors (Lipinski definition) is 4. The highest BCUT2D eigenvalue weighted by atomic mass is 16.2. The van der Waals surface area contributed by atoms with E-state index in [2.05, 4.69) is 16.0 Å². The van der Waals surface area contributed by atoms with Crippen LogP contribution in [0.2, 0.25) is 0 Å². The van der Waals surface area contributed by atoms with Crippen molar-refractivity contribution in [1.82, 2.24) is 16.0 Å². The van der Waals surface area contributed by atoms with Gasteiger partial charge in [-0.3, -0.25) is 19.7 Å². The maximum atomic E-state index is 11.7. The van der Waals surface area contributed by atoms with Gasteiger partial charge in [-0.2, -0.15) is 0 Å². The fraction of sp³-hybridized carbons (Fsp3) is 0.667. The Bertz CT molecular complexity index is 317. The summed E-state index contributed by atoms with van der Waals surface area (Å²) in [6, 6.07) is -0.531. The zero-order valence-electron chi connectivity index (χ0n) is 9.29. The second-order valence-electron chi connectivity index (χ2n) is 4.22. The second-order valence-corrected chi connectivity index (χ2v) is 4.22. The Hall–Kier alpha value is -1.63. The van der Waals surface area contributed by atoms with Crippen LogP contribution in [0.3, 0.4) is 0 Å². The van der Waals surface area contributed by atoms with E-state index in [0.29, 0.717) is 0 Å². The third-order valence-corrected chi connectivity index (χ3v) is 2.38.